The number of fused-ring (bicyclic) bond motifs is 1. The van der Waals surface area contributed by atoms with E-state index in [9.17, 15) is 21.6 Å². The van der Waals surface area contributed by atoms with Crippen molar-refractivity contribution in [1.82, 2.24) is 24.7 Å². The van der Waals surface area contributed by atoms with E-state index in [1.165, 1.54) is 35.0 Å². The Kier molecular flexibility index (Phi) is 17.3. The lowest BCUT2D eigenvalue weighted by molar-refractivity contribution is -0.0328. The zero-order chi connectivity index (χ0) is 44.3. The van der Waals surface area contributed by atoms with Gasteiger partial charge in [-0.25, -0.2) is 13.4 Å². The van der Waals surface area contributed by atoms with Crippen molar-refractivity contribution in [2.24, 2.45) is 0 Å². The summed E-state index contributed by atoms with van der Waals surface area (Å²) >= 11 is 13.7. The van der Waals surface area contributed by atoms with Crippen molar-refractivity contribution in [3.05, 3.63) is 130 Å². The van der Waals surface area contributed by atoms with E-state index >= 15 is 0 Å². The highest BCUT2D eigenvalue weighted by molar-refractivity contribution is 8.02. The number of alkyl halides is 3. The van der Waals surface area contributed by atoms with E-state index in [1.54, 1.807) is 0 Å². The predicted molar refractivity (Wildman–Crippen MR) is 252 cm³/mol. The topological polar surface area (TPSA) is 93.7 Å². The Morgan fingerprint density at radius 3 is 2.44 bits per heavy atom. The van der Waals surface area contributed by atoms with Gasteiger partial charge in [-0.2, -0.15) is 18.2 Å². The van der Waals surface area contributed by atoms with E-state index in [-0.39, 0.29) is 44.4 Å². The first-order valence-electron chi connectivity index (χ1n) is 20.4. The largest absolute Gasteiger partial charge is 0.446 e. The number of hydrogen-bond acceptors (Lipinski definition) is 10. The summed E-state index contributed by atoms with van der Waals surface area (Å²) in [5, 5.41) is 5.80. The van der Waals surface area contributed by atoms with E-state index in [0.29, 0.717) is 60.6 Å². The van der Waals surface area contributed by atoms with Crippen LogP contribution in [0.3, 0.4) is 0 Å². The van der Waals surface area contributed by atoms with E-state index in [0.717, 1.165) is 44.1 Å². The van der Waals surface area contributed by atoms with Crippen LogP contribution in [0.5, 0.6) is 0 Å². The van der Waals surface area contributed by atoms with Gasteiger partial charge in [0.25, 0.3) is 10.0 Å². The fraction of sp³-hybridized carbons (Fsp3) is 0.378. The van der Waals surface area contributed by atoms with Gasteiger partial charge in [-0.3, -0.25) is 14.5 Å². The Morgan fingerprint density at radius 2 is 1.71 bits per heavy atom. The highest BCUT2D eigenvalue weighted by Crippen LogP contribution is 2.42. The maximum Gasteiger partial charge on any atom is 0.446 e. The average molecular weight is 947 g/mol. The van der Waals surface area contributed by atoms with Gasteiger partial charge in [0.05, 0.1) is 10.6 Å². The molecule has 62 heavy (non-hydrogen) atoms. The third-order valence-electron chi connectivity index (χ3n) is 10.7. The molecule has 0 unspecified atom stereocenters. The lowest BCUT2D eigenvalue weighted by atomic mass is 9.96. The summed E-state index contributed by atoms with van der Waals surface area (Å²) in [4.78, 5) is 15.1. The Morgan fingerprint density at radius 1 is 0.968 bits per heavy atom. The Labute approximate surface area is 382 Å². The molecule has 6 rings (SSSR count). The van der Waals surface area contributed by atoms with E-state index in [4.69, 9.17) is 23.2 Å². The summed E-state index contributed by atoms with van der Waals surface area (Å²) in [6, 6.07) is 20.2. The zero-order valence-corrected chi connectivity index (χ0v) is 38.9. The van der Waals surface area contributed by atoms with Gasteiger partial charge in [-0.05, 0) is 142 Å². The molecule has 2 N–H and O–H groups in total. The van der Waals surface area contributed by atoms with Gasteiger partial charge in [-0.1, -0.05) is 78.4 Å². The smallest absolute Gasteiger partial charge is 0.381 e. The van der Waals surface area contributed by atoms with Crippen molar-refractivity contribution < 1.29 is 21.6 Å². The molecule has 3 aromatic carbocycles. The third kappa shape index (κ3) is 14.0. The van der Waals surface area contributed by atoms with Crippen LogP contribution in [-0.2, 0) is 29.5 Å². The standard InChI is InChI=1S/C45H52Cl2F3N7O2S3/c1-4-5-6-7-10-27-60-31-35(19-23-55(2)3)51-40-18-17-37(28-42(40)61-45(48,49)50)62(58,59)54-43-39-22-26-57(30-41(39)52-44(47)53-43)36-20-24-56(25-21-36)29-33-11-8-9-12-38(33)32-13-15-34(46)16-14-32/h4-18,27-28,35-36,51H,19-26,29-31H2,1-3H3,(H,52,53,54)/b5-4-,7-6-,27-10+/t35-/m1/s1. The molecule has 0 radical (unpaired) electrons. The van der Waals surface area contributed by atoms with Crippen LogP contribution in [0, 0.1) is 0 Å². The minimum Gasteiger partial charge on any atom is -0.381 e. The molecule has 1 aromatic heterocycles. The molecule has 0 saturated carbocycles. The number of sulfonamides is 1. The number of allylic oxidation sites excluding steroid dienone is 5. The van der Waals surface area contributed by atoms with Crippen molar-refractivity contribution in [2.75, 3.05) is 56.1 Å². The molecule has 1 saturated heterocycles. The normalized spacial score (nSPS) is 16.5. The molecule has 4 aromatic rings. The number of aromatic nitrogens is 2. The van der Waals surface area contributed by atoms with E-state index < -0.39 is 15.5 Å². The molecule has 332 valence electrons. The monoisotopic (exact) mass is 945 g/mol. The number of benzene rings is 3. The van der Waals surface area contributed by atoms with Crippen LogP contribution in [0.2, 0.25) is 10.3 Å². The number of thioether (sulfide) groups is 2. The maximum absolute atomic E-state index is 14.0. The molecule has 0 amide bonds. The SMILES string of the molecule is C\C=C/C=C\C=C\SC[C@@H](CCN(C)C)Nc1ccc(S(=O)(=O)Nc2nc(Cl)nc3c2CCN(C2CCN(Cc4ccccc4-c4ccc(Cl)cc4)CC2)C3)cc1SC(F)(F)F. The molecular formula is C45H52Cl2F3N7O2S3. The molecule has 0 bridgehead atoms. The van der Waals surface area contributed by atoms with Crippen LogP contribution in [0.1, 0.15) is 43.0 Å². The second-order valence-corrected chi connectivity index (χ2v) is 20.0. The van der Waals surface area contributed by atoms with Gasteiger partial charge < -0.3 is 10.2 Å². The second kappa shape index (κ2) is 22.4. The van der Waals surface area contributed by atoms with E-state index in [1.807, 2.05) is 86.0 Å². The fourth-order valence-corrected chi connectivity index (χ4v) is 10.5. The molecule has 0 spiro atoms. The van der Waals surface area contributed by atoms with Gasteiger partial charge in [0.1, 0.15) is 5.82 Å². The van der Waals surface area contributed by atoms with Crippen molar-refractivity contribution in [2.45, 2.75) is 73.1 Å². The quantitative estimate of drug-likeness (QED) is 0.0571. The Balaban J connectivity index is 1.12. The van der Waals surface area contributed by atoms with Crippen LogP contribution in [0.15, 0.2) is 112 Å². The molecule has 0 aliphatic carbocycles. The number of hydrogen-bond donors (Lipinski definition) is 2. The Hall–Kier alpha value is -3.54. The van der Waals surface area contributed by atoms with Gasteiger partial charge >= 0.3 is 5.51 Å². The lowest BCUT2D eigenvalue weighted by Crippen LogP contribution is -2.46. The minimum atomic E-state index is -4.66. The number of nitrogens with one attached hydrogen (secondary N) is 2. The second-order valence-electron chi connectivity index (χ2n) is 15.5. The number of likely N-dealkylation sites (tertiary alicyclic amines) is 1. The van der Waals surface area contributed by atoms with Crippen molar-refractivity contribution in [3.8, 4) is 11.1 Å². The van der Waals surface area contributed by atoms with Crippen LogP contribution in [0.4, 0.5) is 24.7 Å². The summed E-state index contributed by atoms with van der Waals surface area (Å²) < 4.78 is 72.2. The predicted octanol–water partition coefficient (Wildman–Crippen LogP) is 11.0. The van der Waals surface area contributed by atoms with Crippen LogP contribution in [-0.4, -0.2) is 96.7 Å². The lowest BCUT2D eigenvalue weighted by Gasteiger charge is -2.40. The number of rotatable bonds is 18. The molecular weight excluding hydrogens is 895 g/mol. The highest BCUT2D eigenvalue weighted by Gasteiger charge is 2.33. The van der Waals surface area contributed by atoms with Gasteiger partial charge in [0.15, 0.2) is 0 Å². The Bertz CT molecular complexity index is 2320. The van der Waals surface area contributed by atoms with Gasteiger partial charge in [0, 0.05) is 58.6 Å². The first kappa shape index (κ1) is 47.9. The van der Waals surface area contributed by atoms with Gasteiger partial charge in [-0.15, -0.1) is 11.8 Å². The molecule has 3 heterocycles. The molecule has 9 nitrogen and oxygen atoms in total. The summed E-state index contributed by atoms with van der Waals surface area (Å²) in [7, 11) is -0.523. The first-order valence-corrected chi connectivity index (χ1v) is 24.5. The highest BCUT2D eigenvalue weighted by atomic mass is 35.5. The number of piperidine rings is 1. The molecule has 2 aliphatic rings. The zero-order valence-electron chi connectivity index (χ0n) is 34.9. The maximum atomic E-state index is 14.0. The molecule has 2 aliphatic heterocycles. The van der Waals surface area contributed by atoms with Crippen molar-refractivity contribution >= 4 is 68.3 Å². The molecule has 1 atom stereocenters. The van der Waals surface area contributed by atoms with Crippen LogP contribution in [0.25, 0.3) is 11.1 Å². The van der Waals surface area contributed by atoms with Crippen molar-refractivity contribution in [1.29, 1.82) is 0 Å². The molecule has 1 fully saturated rings. The summed E-state index contributed by atoms with van der Waals surface area (Å²) in [6.07, 6.45) is 12.6. The summed E-state index contributed by atoms with van der Waals surface area (Å²) in [5.74, 6) is 0.617. The van der Waals surface area contributed by atoms with Crippen molar-refractivity contribution in [3.63, 3.8) is 0 Å². The van der Waals surface area contributed by atoms with Gasteiger partial charge in [0.2, 0.25) is 5.28 Å². The average Bonchev–Trinajstić information content (AvgIpc) is 3.22. The summed E-state index contributed by atoms with van der Waals surface area (Å²) in [6.45, 7) is 6.44. The van der Waals surface area contributed by atoms with E-state index in [2.05, 4.69) is 54.1 Å². The molecule has 17 heteroatoms. The fourth-order valence-electron chi connectivity index (χ4n) is 7.60. The number of halogens is 5. The first-order chi connectivity index (χ1) is 29.7. The van der Waals surface area contributed by atoms with Crippen LogP contribution < -0.4 is 10.0 Å². The summed E-state index contributed by atoms with van der Waals surface area (Å²) in [5.41, 5.74) is 0.383. The number of nitrogens with zero attached hydrogens (tertiary/aromatic N) is 5. The third-order valence-corrected chi connectivity index (χ3v) is 14.2. The van der Waals surface area contributed by atoms with Crippen LogP contribution >= 0.6 is 46.7 Å². The minimum absolute atomic E-state index is 0.0374. The number of anilines is 2.